The molecule has 0 saturated carbocycles. The number of nitrogens with two attached hydrogens (primary N) is 1. The van der Waals surface area contributed by atoms with Crippen molar-refractivity contribution in [1.29, 1.82) is 0 Å². The average Bonchev–Trinajstić information content (AvgIpc) is 2.36. The Balaban J connectivity index is 3.17. The van der Waals surface area contributed by atoms with Gasteiger partial charge in [0, 0.05) is 6.54 Å². The smallest absolute Gasteiger partial charge is 0.397 e. The van der Waals surface area contributed by atoms with Gasteiger partial charge in [0.25, 0.3) is 0 Å². The lowest BCUT2D eigenvalue weighted by atomic mass is 10.2. The number of hydrogen-bond acceptors (Lipinski definition) is 5. The monoisotopic (exact) mass is 327 g/mol. The summed E-state index contributed by atoms with van der Waals surface area (Å²) in [5, 5.41) is 8.85. The lowest BCUT2D eigenvalue weighted by Crippen LogP contribution is -2.36. The molecule has 0 fully saturated rings. The summed E-state index contributed by atoms with van der Waals surface area (Å²) in [4.78, 5) is 0.688. The van der Waals surface area contributed by atoms with Crippen molar-refractivity contribution in [3.8, 4) is 0 Å². The summed E-state index contributed by atoms with van der Waals surface area (Å²) in [6.45, 7) is -2.07. The Morgan fingerprint density at radius 1 is 1.38 bits per heavy atom. The first-order valence-corrected chi connectivity index (χ1v) is 7.34. The van der Waals surface area contributed by atoms with Crippen LogP contribution in [0.3, 0.4) is 0 Å². The Morgan fingerprint density at radius 3 is 2.43 bits per heavy atom. The van der Waals surface area contributed by atoms with Crippen molar-refractivity contribution >= 4 is 21.4 Å². The summed E-state index contributed by atoms with van der Waals surface area (Å²) in [7, 11) is -2.52. The lowest BCUT2D eigenvalue weighted by Gasteiger charge is -2.26. The van der Waals surface area contributed by atoms with Crippen LogP contribution in [0.5, 0.6) is 0 Å². The highest BCUT2D eigenvalue weighted by molar-refractivity contribution is 7.89. The Bertz CT molecular complexity index is 590. The topological polar surface area (TPSA) is 95.7 Å². The Morgan fingerprint density at radius 2 is 2.00 bits per heavy atom. The van der Waals surface area contributed by atoms with Crippen LogP contribution in [0.4, 0.5) is 24.5 Å². The molecule has 0 saturated heterocycles. The fourth-order valence-electron chi connectivity index (χ4n) is 1.73. The van der Waals surface area contributed by atoms with Crippen molar-refractivity contribution in [3.05, 3.63) is 18.2 Å². The number of rotatable bonds is 6. The first-order valence-electron chi connectivity index (χ1n) is 5.86. The number of sulfonamides is 1. The number of anilines is 2. The third-order valence-corrected chi connectivity index (χ3v) is 4.07. The minimum atomic E-state index is -4.47. The molecule has 0 unspecified atom stereocenters. The predicted octanol–water partition coefficient (Wildman–Crippen LogP) is 0.538. The van der Waals surface area contributed by atoms with E-state index in [2.05, 4.69) is 4.72 Å². The van der Waals surface area contributed by atoms with Crippen LogP contribution in [0, 0.1) is 0 Å². The molecule has 0 aliphatic heterocycles. The normalized spacial score (nSPS) is 12.4. The quantitative estimate of drug-likeness (QED) is 0.663. The van der Waals surface area contributed by atoms with Gasteiger partial charge < -0.3 is 15.7 Å². The first kappa shape index (κ1) is 17.5. The molecule has 10 heteroatoms. The van der Waals surface area contributed by atoms with Gasteiger partial charge in [-0.05, 0) is 25.2 Å². The number of alkyl halides is 3. The van der Waals surface area contributed by atoms with Crippen LogP contribution in [0.25, 0.3) is 0 Å². The number of aliphatic hydroxyl groups is 1. The molecule has 0 aliphatic carbocycles. The van der Waals surface area contributed by atoms with E-state index >= 15 is 0 Å². The molecule has 120 valence electrons. The zero-order valence-electron chi connectivity index (χ0n) is 11.2. The molecule has 0 radical (unpaired) electrons. The van der Waals surface area contributed by atoms with Crippen molar-refractivity contribution in [2.45, 2.75) is 11.1 Å². The van der Waals surface area contributed by atoms with Crippen LogP contribution < -0.4 is 15.4 Å². The summed E-state index contributed by atoms with van der Waals surface area (Å²) in [5.74, 6) is 0. The number of nitrogens with zero attached hydrogens (tertiary/aromatic N) is 1. The molecule has 4 N–H and O–H groups in total. The third kappa shape index (κ3) is 4.76. The molecular weight excluding hydrogens is 311 g/mol. The third-order valence-electron chi connectivity index (χ3n) is 2.66. The highest BCUT2D eigenvalue weighted by Gasteiger charge is 2.31. The highest BCUT2D eigenvalue weighted by atomic mass is 32.2. The van der Waals surface area contributed by atoms with Gasteiger partial charge in [-0.1, -0.05) is 0 Å². The van der Waals surface area contributed by atoms with Crippen molar-refractivity contribution in [3.63, 3.8) is 0 Å². The summed E-state index contributed by atoms with van der Waals surface area (Å²) >= 11 is 0. The van der Waals surface area contributed by atoms with E-state index in [0.29, 0.717) is 0 Å². The second-order valence-electron chi connectivity index (χ2n) is 4.19. The number of nitrogens with one attached hydrogen (secondary N) is 1. The maximum absolute atomic E-state index is 12.5. The summed E-state index contributed by atoms with van der Waals surface area (Å²) in [6.07, 6.45) is -4.47. The number of hydrogen-bond donors (Lipinski definition) is 3. The highest BCUT2D eigenvalue weighted by Crippen LogP contribution is 2.29. The number of halogens is 3. The van der Waals surface area contributed by atoms with Gasteiger partial charge in [-0.2, -0.15) is 13.2 Å². The molecule has 0 heterocycles. The van der Waals surface area contributed by atoms with Crippen molar-refractivity contribution in [1.82, 2.24) is 4.72 Å². The average molecular weight is 327 g/mol. The van der Waals surface area contributed by atoms with Gasteiger partial charge in [0.2, 0.25) is 10.0 Å². The molecule has 1 aromatic carbocycles. The zero-order valence-corrected chi connectivity index (χ0v) is 12.0. The molecule has 0 aliphatic rings. The fraction of sp³-hybridized carbons (Fsp3) is 0.455. The molecule has 0 aromatic heterocycles. The van der Waals surface area contributed by atoms with Crippen molar-refractivity contribution in [2.24, 2.45) is 0 Å². The molecule has 21 heavy (non-hydrogen) atoms. The maximum Gasteiger partial charge on any atom is 0.405 e. The van der Waals surface area contributed by atoms with Gasteiger partial charge >= 0.3 is 6.18 Å². The van der Waals surface area contributed by atoms with Crippen LogP contribution in [0.1, 0.15) is 0 Å². The predicted molar refractivity (Wildman–Crippen MR) is 72.5 cm³/mol. The minimum Gasteiger partial charge on any atom is -0.397 e. The fourth-order valence-corrected chi connectivity index (χ4v) is 2.49. The van der Waals surface area contributed by atoms with E-state index in [1.165, 1.54) is 13.1 Å². The van der Waals surface area contributed by atoms with Crippen LogP contribution in [0.15, 0.2) is 23.1 Å². The second kappa shape index (κ2) is 6.50. The van der Waals surface area contributed by atoms with E-state index in [1.54, 1.807) is 0 Å². The molecule has 0 atom stereocenters. The first-order chi connectivity index (χ1) is 9.60. The molecular formula is C11H16F3N3O3S. The molecule has 0 amide bonds. The van der Waals surface area contributed by atoms with E-state index < -0.39 is 29.4 Å². The summed E-state index contributed by atoms with van der Waals surface area (Å²) < 4.78 is 62.8. The SMILES string of the molecule is CNS(=O)(=O)c1ccc(N(CCO)CC(F)(F)F)c(N)c1. The summed E-state index contributed by atoms with van der Waals surface area (Å²) in [6, 6.07) is 3.40. The van der Waals surface area contributed by atoms with E-state index in [1.807, 2.05) is 0 Å². The van der Waals surface area contributed by atoms with E-state index in [0.717, 1.165) is 17.0 Å². The van der Waals surface area contributed by atoms with Gasteiger partial charge in [0.05, 0.1) is 22.9 Å². The number of aliphatic hydroxyl groups excluding tert-OH is 1. The largest absolute Gasteiger partial charge is 0.405 e. The van der Waals surface area contributed by atoms with Crippen molar-refractivity contribution < 1.29 is 26.7 Å². The maximum atomic E-state index is 12.5. The molecule has 0 bridgehead atoms. The van der Waals surface area contributed by atoms with E-state index in [4.69, 9.17) is 10.8 Å². The molecule has 6 nitrogen and oxygen atoms in total. The van der Waals surface area contributed by atoms with Gasteiger partial charge in [0.15, 0.2) is 0 Å². The zero-order chi connectivity index (χ0) is 16.3. The van der Waals surface area contributed by atoms with E-state index in [-0.39, 0.29) is 22.8 Å². The van der Waals surface area contributed by atoms with Gasteiger partial charge in [-0.3, -0.25) is 0 Å². The Labute approximate surface area is 120 Å². The van der Waals surface area contributed by atoms with Crippen LogP contribution in [-0.4, -0.2) is 46.4 Å². The van der Waals surface area contributed by atoms with Crippen LogP contribution in [0.2, 0.25) is 0 Å². The minimum absolute atomic E-state index is 0.0106. The molecule has 1 aromatic rings. The Kier molecular flexibility index (Phi) is 5.42. The van der Waals surface area contributed by atoms with E-state index in [9.17, 15) is 21.6 Å². The van der Waals surface area contributed by atoms with Crippen LogP contribution in [-0.2, 0) is 10.0 Å². The van der Waals surface area contributed by atoms with Crippen LogP contribution >= 0.6 is 0 Å². The van der Waals surface area contributed by atoms with Gasteiger partial charge in [-0.25, -0.2) is 13.1 Å². The molecule has 1 rings (SSSR count). The Hall–Kier alpha value is -1.52. The lowest BCUT2D eigenvalue weighted by molar-refractivity contribution is -0.119. The number of nitrogen functional groups attached to an aromatic ring is 1. The number of benzene rings is 1. The van der Waals surface area contributed by atoms with Crippen molar-refractivity contribution in [2.75, 3.05) is 37.4 Å². The standard InChI is InChI=1S/C11H16F3N3O3S/c1-16-21(19,20)8-2-3-10(9(15)6-8)17(4-5-18)7-11(12,13)14/h2-3,6,16,18H,4-5,7,15H2,1H3. The van der Waals surface area contributed by atoms with Gasteiger partial charge in [0.1, 0.15) is 6.54 Å². The molecule has 0 spiro atoms. The summed E-state index contributed by atoms with van der Waals surface area (Å²) in [5.41, 5.74) is 5.53. The van der Waals surface area contributed by atoms with Gasteiger partial charge in [-0.15, -0.1) is 0 Å². The second-order valence-corrected chi connectivity index (χ2v) is 6.08.